The molecule has 0 aliphatic heterocycles. The number of nitrogens with one attached hydrogen (secondary N) is 1. The molecule has 10 heavy (non-hydrogen) atoms. The van der Waals surface area contributed by atoms with Crippen molar-refractivity contribution in [3.05, 3.63) is 12.2 Å². The van der Waals surface area contributed by atoms with Gasteiger partial charge in [-0.05, 0) is 18.8 Å². The summed E-state index contributed by atoms with van der Waals surface area (Å²) in [7, 11) is 0. The predicted octanol–water partition coefficient (Wildman–Crippen LogP) is 0.248. The lowest BCUT2D eigenvalue weighted by Gasteiger charge is -2.01. The minimum atomic E-state index is -0.414. The van der Waals surface area contributed by atoms with Gasteiger partial charge in [-0.15, -0.1) is 0 Å². The van der Waals surface area contributed by atoms with E-state index in [0.717, 1.165) is 12.8 Å². The summed E-state index contributed by atoms with van der Waals surface area (Å²) >= 11 is 0. The number of nitrogens with zero attached hydrogens (tertiary/aromatic N) is 2. The minimum absolute atomic E-state index is 0.414. The third-order valence-corrected chi connectivity index (χ3v) is 1.78. The molecule has 1 aromatic rings. The standard InChI is InChI=1S/C6H9N3O/c10-5(4-1-2-4)6-7-3-8-9-6/h3-5,10H,1-2H2,(H,7,8,9). The van der Waals surface area contributed by atoms with E-state index in [0.29, 0.717) is 11.7 Å². The van der Waals surface area contributed by atoms with Gasteiger partial charge in [0.2, 0.25) is 0 Å². The van der Waals surface area contributed by atoms with E-state index >= 15 is 0 Å². The molecule has 0 radical (unpaired) electrons. The predicted molar refractivity (Wildman–Crippen MR) is 34.1 cm³/mol. The first-order chi connectivity index (χ1) is 4.88. The molecular weight excluding hydrogens is 130 g/mol. The highest BCUT2D eigenvalue weighted by atomic mass is 16.3. The van der Waals surface area contributed by atoms with Crippen LogP contribution >= 0.6 is 0 Å². The number of aliphatic hydroxyl groups is 1. The van der Waals surface area contributed by atoms with Crippen LogP contribution in [0.15, 0.2) is 6.33 Å². The number of aliphatic hydroxyl groups excluding tert-OH is 1. The van der Waals surface area contributed by atoms with Crippen LogP contribution in [0.4, 0.5) is 0 Å². The molecule has 1 atom stereocenters. The molecule has 1 aliphatic carbocycles. The quantitative estimate of drug-likeness (QED) is 0.617. The van der Waals surface area contributed by atoms with Crippen molar-refractivity contribution in [1.82, 2.24) is 15.2 Å². The van der Waals surface area contributed by atoms with Crippen LogP contribution in [0.3, 0.4) is 0 Å². The molecule has 1 aliphatic rings. The van der Waals surface area contributed by atoms with Crippen molar-refractivity contribution in [2.24, 2.45) is 5.92 Å². The highest BCUT2D eigenvalue weighted by Crippen LogP contribution is 2.39. The van der Waals surface area contributed by atoms with Crippen LogP contribution < -0.4 is 0 Å². The Labute approximate surface area is 58.3 Å². The minimum Gasteiger partial charge on any atom is -0.385 e. The second kappa shape index (κ2) is 2.05. The largest absolute Gasteiger partial charge is 0.385 e. The molecule has 2 rings (SSSR count). The zero-order chi connectivity index (χ0) is 6.97. The molecule has 1 heterocycles. The Morgan fingerprint density at radius 2 is 2.50 bits per heavy atom. The van der Waals surface area contributed by atoms with Crippen molar-refractivity contribution in [2.75, 3.05) is 0 Å². The van der Waals surface area contributed by atoms with Crippen LogP contribution in [0, 0.1) is 5.92 Å². The van der Waals surface area contributed by atoms with Gasteiger partial charge in [-0.1, -0.05) is 0 Å². The van der Waals surface area contributed by atoms with E-state index in [4.69, 9.17) is 0 Å². The summed E-state index contributed by atoms with van der Waals surface area (Å²) in [5, 5.41) is 15.7. The molecular formula is C6H9N3O. The van der Waals surface area contributed by atoms with Gasteiger partial charge in [-0.3, -0.25) is 5.10 Å². The van der Waals surface area contributed by atoms with E-state index in [1.54, 1.807) is 0 Å². The van der Waals surface area contributed by atoms with Crippen molar-refractivity contribution in [3.63, 3.8) is 0 Å². The fourth-order valence-electron chi connectivity index (χ4n) is 0.993. The van der Waals surface area contributed by atoms with Gasteiger partial charge in [0.15, 0.2) is 5.82 Å². The number of aromatic amines is 1. The van der Waals surface area contributed by atoms with Crippen molar-refractivity contribution in [1.29, 1.82) is 0 Å². The van der Waals surface area contributed by atoms with Gasteiger partial charge < -0.3 is 5.11 Å². The maximum absolute atomic E-state index is 9.42. The summed E-state index contributed by atoms with van der Waals surface area (Å²) in [6, 6.07) is 0. The van der Waals surface area contributed by atoms with Gasteiger partial charge in [0.05, 0.1) is 0 Å². The van der Waals surface area contributed by atoms with Crippen LogP contribution in [0.1, 0.15) is 24.8 Å². The molecule has 54 valence electrons. The first-order valence-electron chi connectivity index (χ1n) is 3.41. The molecule has 0 aromatic carbocycles. The van der Waals surface area contributed by atoms with Gasteiger partial charge >= 0.3 is 0 Å². The second-order valence-electron chi connectivity index (χ2n) is 2.65. The van der Waals surface area contributed by atoms with Crippen molar-refractivity contribution < 1.29 is 5.11 Å². The lowest BCUT2D eigenvalue weighted by molar-refractivity contribution is 0.144. The molecule has 2 N–H and O–H groups in total. The normalized spacial score (nSPS) is 20.9. The Morgan fingerprint density at radius 1 is 1.70 bits per heavy atom. The molecule has 0 saturated heterocycles. The Morgan fingerprint density at radius 3 is 3.00 bits per heavy atom. The summed E-state index contributed by atoms with van der Waals surface area (Å²) in [6.45, 7) is 0. The Balaban J connectivity index is 2.11. The molecule has 0 amide bonds. The lowest BCUT2D eigenvalue weighted by Crippen LogP contribution is -2.01. The van der Waals surface area contributed by atoms with Crippen LogP contribution in [0.5, 0.6) is 0 Å². The van der Waals surface area contributed by atoms with Crippen LogP contribution in [0.2, 0.25) is 0 Å². The van der Waals surface area contributed by atoms with Gasteiger partial charge in [-0.25, -0.2) is 4.98 Å². The van der Waals surface area contributed by atoms with Crippen molar-refractivity contribution >= 4 is 0 Å². The van der Waals surface area contributed by atoms with E-state index in [2.05, 4.69) is 15.2 Å². The highest BCUT2D eigenvalue weighted by molar-refractivity contribution is 4.94. The third kappa shape index (κ3) is 0.903. The van der Waals surface area contributed by atoms with E-state index in [-0.39, 0.29) is 0 Å². The monoisotopic (exact) mass is 139 g/mol. The van der Waals surface area contributed by atoms with Crippen LogP contribution in [-0.4, -0.2) is 20.3 Å². The number of hydrogen-bond donors (Lipinski definition) is 2. The number of hydrogen-bond acceptors (Lipinski definition) is 3. The summed E-state index contributed by atoms with van der Waals surface area (Å²) < 4.78 is 0. The number of rotatable bonds is 2. The fourth-order valence-corrected chi connectivity index (χ4v) is 0.993. The molecule has 0 spiro atoms. The molecule has 0 bridgehead atoms. The Bertz CT molecular complexity index is 205. The lowest BCUT2D eigenvalue weighted by atomic mass is 10.2. The summed E-state index contributed by atoms with van der Waals surface area (Å²) in [4.78, 5) is 3.86. The summed E-state index contributed by atoms with van der Waals surface area (Å²) in [5.74, 6) is 1.02. The molecule has 1 unspecified atom stereocenters. The summed E-state index contributed by atoms with van der Waals surface area (Å²) in [5.41, 5.74) is 0. The van der Waals surface area contributed by atoms with Crippen molar-refractivity contribution in [3.8, 4) is 0 Å². The zero-order valence-electron chi connectivity index (χ0n) is 5.49. The number of aromatic nitrogens is 3. The van der Waals surface area contributed by atoms with E-state index in [1.807, 2.05) is 0 Å². The average molecular weight is 139 g/mol. The van der Waals surface area contributed by atoms with Gasteiger partial charge in [0.25, 0.3) is 0 Å². The van der Waals surface area contributed by atoms with Crippen LogP contribution in [0.25, 0.3) is 0 Å². The highest BCUT2D eigenvalue weighted by Gasteiger charge is 2.32. The third-order valence-electron chi connectivity index (χ3n) is 1.78. The first kappa shape index (κ1) is 5.85. The second-order valence-corrected chi connectivity index (χ2v) is 2.65. The Hall–Kier alpha value is -0.900. The fraction of sp³-hybridized carbons (Fsp3) is 0.667. The molecule has 4 nitrogen and oxygen atoms in total. The molecule has 1 aromatic heterocycles. The van der Waals surface area contributed by atoms with Gasteiger partial charge in [0, 0.05) is 0 Å². The van der Waals surface area contributed by atoms with E-state index in [1.165, 1.54) is 6.33 Å². The van der Waals surface area contributed by atoms with Crippen molar-refractivity contribution in [2.45, 2.75) is 18.9 Å². The van der Waals surface area contributed by atoms with Crippen LogP contribution in [-0.2, 0) is 0 Å². The zero-order valence-corrected chi connectivity index (χ0v) is 5.49. The maximum Gasteiger partial charge on any atom is 0.153 e. The van der Waals surface area contributed by atoms with E-state index in [9.17, 15) is 5.11 Å². The topological polar surface area (TPSA) is 61.8 Å². The molecule has 1 saturated carbocycles. The Kier molecular flexibility index (Phi) is 1.20. The summed E-state index contributed by atoms with van der Waals surface area (Å²) in [6.07, 6.45) is 3.23. The molecule has 4 heteroatoms. The maximum atomic E-state index is 9.42. The first-order valence-corrected chi connectivity index (χ1v) is 3.41. The van der Waals surface area contributed by atoms with E-state index < -0.39 is 6.10 Å². The molecule has 1 fully saturated rings. The van der Waals surface area contributed by atoms with Gasteiger partial charge in [0.1, 0.15) is 12.4 Å². The smallest absolute Gasteiger partial charge is 0.153 e. The average Bonchev–Trinajstić information content (AvgIpc) is 2.65. The number of H-pyrrole nitrogens is 1. The van der Waals surface area contributed by atoms with Gasteiger partial charge in [-0.2, -0.15) is 5.10 Å². The SMILES string of the molecule is OC(c1ncn[nH]1)C1CC1.